The van der Waals surface area contributed by atoms with E-state index in [-0.39, 0.29) is 11.3 Å². The molecular formula is C18H28N2O. The zero-order valence-electron chi connectivity index (χ0n) is 12.9. The van der Waals surface area contributed by atoms with Gasteiger partial charge in [0.05, 0.1) is 0 Å². The molecule has 0 radical (unpaired) electrons. The Labute approximate surface area is 128 Å². The molecule has 0 unspecified atom stereocenters. The molecule has 1 saturated carbocycles. The van der Waals surface area contributed by atoms with Crippen LogP contribution in [0.15, 0.2) is 30.3 Å². The smallest absolute Gasteiger partial charge is 0.220 e. The summed E-state index contributed by atoms with van der Waals surface area (Å²) in [6.07, 6.45) is 8.78. The summed E-state index contributed by atoms with van der Waals surface area (Å²) in [7, 11) is 0. The van der Waals surface area contributed by atoms with Crippen LogP contribution < -0.4 is 11.1 Å². The number of amides is 1. The van der Waals surface area contributed by atoms with Crippen LogP contribution in [0, 0.1) is 5.41 Å². The first-order valence-electron chi connectivity index (χ1n) is 8.25. The van der Waals surface area contributed by atoms with E-state index in [1.165, 1.54) is 37.7 Å². The predicted octanol–water partition coefficient (Wildman–Crippen LogP) is 3.03. The van der Waals surface area contributed by atoms with Gasteiger partial charge in [0.25, 0.3) is 0 Å². The Kier molecular flexibility index (Phi) is 6.24. The Morgan fingerprint density at radius 3 is 2.52 bits per heavy atom. The van der Waals surface area contributed by atoms with Crippen LogP contribution in [0.5, 0.6) is 0 Å². The van der Waals surface area contributed by atoms with Gasteiger partial charge >= 0.3 is 0 Å². The largest absolute Gasteiger partial charge is 0.356 e. The number of carbonyl (C=O) groups is 1. The van der Waals surface area contributed by atoms with Gasteiger partial charge in [0.15, 0.2) is 0 Å². The van der Waals surface area contributed by atoms with Crippen molar-refractivity contribution in [1.82, 2.24) is 5.32 Å². The molecule has 1 aromatic carbocycles. The summed E-state index contributed by atoms with van der Waals surface area (Å²) in [5.74, 6) is 0.154. The summed E-state index contributed by atoms with van der Waals surface area (Å²) >= 11 is 0. The first kappa shape index (κ1) is 16.0. The lowest BCUT2D eigenvalue weighted by Gasteiger charge is -2.36. The third-order valence-electron chi connectivity index (χ3n) is 4.81. The summed E-state index contributed by atoms with van der Waals surface area (Å²) in [5.41, 5.74) is 7.48. The maximum absolute atomic E-state index is 11.9. The minimum Gasteiger partial charge on any atom is -0.356 e. The first-order chi connectivity index (χ1) is 10.2. The number of benzene rings is 1. The normalized spacial score (nSPS) is 17.4. The van der Waals surface area contributed by atoms with Crippen LogP contribution in [0.1, 0.15) is 50.5 Å². The van der Waals surface area contributed by atoms with Gasteiger partial charge in [-0.15, -0.1) is 0 Å². The molecule has 0 atom stereocenters. The lowest BCUT2D eigenvalue weighted by atomic mass is 9.72. The van der Waals surface area contributed by atoms with E-state index in [4.69, 9.17) is 5.73 Å². The van der Waals surface area contributed by atoms with Crippen LogP contribution in [-0.2, 0) is 11.2 Å². The molecule has 1 aliphatic rings. The molecule has 3 heteroatoms. The SMILES string of the molecule is NCC1(CCNC(=O)CCc2ccccc2)CCCCC1. The van der Waals surface area contributed by atoms with E-state index in [2.05, 4.69) is 17.4 Å². The van der Waals surface area contributed by atoms with Gasteiger partial charge in [-0.2, -0.15) is 0 Å². The van der Waals surface area contributed by atoms with Crippen molar-refractivity contribution >= 4 is 5.91 Å². The summed E-state index contributed by atoms with van der Waals surface area (Å²) in [6.45, 7) is 1.53. The highest BCUT2D eigenvalue weighted by Crippen LogP contribution is 2.37. The molecule has 1 fully saturated rings. The molecule has 1 amide bonds. The van der Waals surface area contributed by atoms with Crippen LogP contribution >= 0.6 is 0 Å². The van der Waals surface area contributed by atoms with Crippen molar-refractivity contribution in [1.29, 1.82) is 0 Å². The van der Waals surface area contributed by atoms with Crippen molar-refractivity contribution in [2.24, 2.45) is 11.1 Å². The Morgan fingerprint density at radius 2 is 1.86 bits per heavy atom. The van der Waals surface area contributed by atoms with E-state index in [0.717, 1.165) is 25.9 Å². The van der Waals surface area contributed by atoms with E-state index >= 15 is 0 Å². The Hall–Kier alpha value is -1.35. The van der Waals surface area contributed by atoms with Crippen LogP contribution in [0.4, 0.5) is 0 Å². The Bertz CT molecular complexity index is 424. The Morgan fingerprint density at radius 1 is 1.14 bits per heavy atom. The first-order valence-corrected chi connectivity index (χ1v) is 8.25. The third kappa shape index (κ3) is 5.16. The maximum atomic E-state index is 11.9. The average Bonchev–Trinajstić information content (AvgIpc) is 2.55. The van der Waals surface area contributed by atoms with Crippen LogP contribution in [0.3, 0.4) is 0 Å². The quantitative estimate of drug-likeness (QED) is 0.810. The predicted molar refractivity (Wildman–Crippen MR) is 87.0 cm³/mol. The number of carbonyl (C=O) groups excluding carboxylic acids is 1. The number of hydrogen-bond donors (Lipinski definition) is 2. The van der Waals surface area contributed by atoms with Gasteiger partial charge < -0.3 is 11.1 Å². The molecular weight excluding hydrogens is 260 g/mol. The standard InChI is InChI=1S/C18H28N2O/c19-15-18(11-5-2-6-12-18)13-14-20-17(21)10-9-16-7-3-1-4-8-16/h1,3-4,7-8H,2,5-6,9-15,19H2,(H,20,21). The van der Waals surface area contributed by atoms with Gasteiger partial charge in [-0.1, -0.05) is 49.6 Å². The van der Waals surface area contributed by atoms with Crippen LogP contribution in [0.2, 0.25) is 0 Å². The fraction of sp³-hybridized carbons (Fsp3) is 0.611. The third-order valence-corrected chi connectivity index (χ3v) is 4.81. The lowest BCUT2D eigenvalue weighted by molar-refractivity contribution is -0.121. The minimum absolute atomic E-state index is 0.154. The zero-order chi connectivity index (χ0) is 15.0. The number of aryl methyl sites for hydroxylation is 1. The van der Waals surface area contributed by atoms with Gasteiger partial charge in [-0.3, -0.25) is 4.79 Å². The van der Waals surface area contributed by atoms with Crippen molar-refractivity contribution in [2.45, 2.75) is 51.4 Å². The van der Waals surface area contributed by atoms with Gasteiger partial charge in [0, 0.05) is 13.0 Å². The second kappa shape index (κ2) is 8.18. The van der Waals surface area contributed by atoms with E-state index in [1.54, 1.807) is 0 Å². The number of hydrogen-bond acceptors (Lipinski definition) is 2. The molecule has 1 aromatic rings. The van der Waals surface area contributed by atoms with Gasteiger partial charge in [0.2, 0.25) is 5.91 Å². The van der Waals surface area contributed by atoms with Crippen molar-refractivity contribution in [3.63, 3.8) is 0 Å². The Balaban J connectivity index is 1.66. The van der Waals surface area contributed by atoms with Gasteiger partial charge in [-0.05, 0) is 43.2 Å². The molecule has 3 N–H and O–H groups in total. The molecule has 2 rings (SSSR count). The maximum Gasteiger partial charge on any atom is 0.220 e. The summed E-state index contributed by atoms with van der Waals surface area (Å²) in [6, 6.07) is 10.2. The molecule has 116 valence electrons. The zero-order valence-corrected chi connectivity index (χ0v) is 12.9. The second-order valence-corrected chi connectivity index (χ2v) is 6.35. The van der Waals surface area contributed by atoms with Gasteiger partial charge in [-0.25, -0.2) is 0 Å². The summed E-state index contributed by atoms with van der Waals surface area (Å²) in [4.78, 5) is 11.9. The molecule has 3 nitrogen and oxygen atoms in total. The van der Waals surface area contributed by atoms with Crippen LogP contribution in [0.25, 0.3) is 0 Å². The van der Waals surface area contributed by atoms with Crippen molar-refractivity contribution in [3.05, 3.63) is 35.9 Å². The van der Waals surface area contributed by atoms with E-state index in [1.807, 2.05) is 18.2 Å². The highest BCUT2D eigenvalue weighted by molar-refractivity contribution is 5.76. The molecule has 0 heterocycles. The highest BCUT2D eigenvalue weighted by atomic mass is 16.1. The molecule has 1 aliphatic carbocycles. The monoisotopic (exact) mass is 288 g/mol. The molecule has 0 aliphatic heterocycles. The topological polar surface area (TPSA) is 55.1 Å². The van der Waals surface area contributed by atoms with E-state index < -0.39 is 0 Å². The summed E-state index contributed by atoms with van der Waals surface area (Å²) in [5, 5.41) is 3.06. The minimum atomic E-state index is 0.154. The number of nitrogens with one attached hydrogen (secondary N) is 1. The van der Waals surface area contributed by atoms with Crippen molar-refractivity contribution < 1.29 is 4.79 Å². The number of nitrogens with two attached hydrogens (primary N) is 1. The van der Waals surface area contributed by atoms with Gasteiger partial charge in [0.1, 0.15) is 0 Å². The van der Waals surface area contributed by atoms with E-state index in [0.29, 0.717) is 6.42 Å². The molecule has 0 spiro atoms. The van der Waals surface area contributed by atoms with Crippen molar-refractivity contribution in [3.8, 4) is 0 Å². The van der Waals surface area contributed by atoms with Crippen molar-refractivity contribution in [2.75, 3.05) is 13.1 Å². The van der Waals surface area contributed by atoms with Crippen LogP contribution in [-0.4, -0.2) is 19.0 Å². The second-order valence-electron chi connectivity index (χ2n) is 6.35. The van der Waals surface area contributed by atoms with E-state index in [9.17, 15) is 4.79 Å². The molecule has 21 heavy (non-hydrogen) atoms. The lowest BCUT2D eigenvalue weighted by Crippen LogP contribution is -2.37. The molecule has 0 bridgehead atoms. The fourth-order valence-corrected chi connectivity index (χ4v) is 3.32. The number of rotatable bonds is 7. The highest BCUT2D eigenvalue weighted by Gasteiger charge is 2.29. The molecule has 0 saturated heterocycles. The average molecular weight is 288 g/mol. The fourth-order valence-electron chi connectivity index (χ4n) is 3.32. The molecule has 0 aromatic heterocycles. The summed E-state index contributed by atoms with van der Waals surface area (Å²) < 4.78 is 0.